The van der Waals surface area contributed by atoms with Gasteiger partial charge in [-0.2, -0.15) is 0 Å². The van der Waals surface area contributed by atoms with E-state index in [2.05, 4.69) is 10.6 Å². The second kappa shape index (κ2) is 7.05. The number of rotatable bonds is 6. The summed E-state index contributed by atoms with van der Waals surface area (Å²) in [6.07, 6.45) is 5.84. The predicted molar refractivity (Wildman–Crippen MR) is 83.1 cm³/mol. The van der Waals surface area contributed by atoms with Crippen molar-refractivity contribution in [2.75, 3.05) is 18.5 Å². The van der Waals surface area contributed by atoms with Crippen LogP contribution in [0.4, 0.5) is 5.69 Å². The first-order valence-corrected chi connectivity index (χ1v) is 8.02. The minimum Gasteiger partial charge on any atom is -0.376 e. The highest BCUT2D eigenvalue weighted by atomic mass is 16.5. The molecule has 0 aromatic heterocycles. The number of carbonyl (C=O) groups is 1. The minimum atomic E-state index is -0.0477. The fourth-order valence-corrected chi connectivity index (χ4v) is 2.67. The Kier molecular flexibility index (Phi) is 4.88. The summed E-state index contributed by atoms with van der Waals surface area (Å²) in [7, 11) is 0. The molecule has 1 aliphatic carbocycles. The van der Waals surface area contributed by atoms with Crippen molar-refractivity contribution in [1.29, 1.82) is 0 Å². The summed E-state index contributed by atoms with van der Waals surface area (Å²) >= 11 is 0. The molecule has 1 atom stereocenters. The van der Waals surface area contributed by atoms with Gasteiger partial charge in [0.1, 0.15) is 0 Å². The maximum absolute atomic E-state index is 12.2. The van der Waals surface area contributed by atoms with Gasteiger partial charge in [0.25, 0.3) is 0 Å². The standard InChI is InChI=1S/C17H24N2O2/c20-17(16-6-1-2-9-18-16)19-15-5-3-4-14(10-15)12-21-11-13-7-8-13/h3-5,10,13,16,18H,1-2,6-9,11-12H2,(H,19,20). The van der Waals surface area contributed by atoms with Crippen molar-refractivity contribution in [3.05, 3.63) is 29.8 Å². The Labute approximate surface area is 126 Å². The summed E-state index contributed by atoms with van der Waals surface area (Å²) in [5, 5.41) is 6.28. The van der Waals surface area contributed by atoms with Gasteiger partial charge < -0.3 is 15.4 Å². The molecule has 1 heterocycles. The maximum Gasteiger partial charge on any atom is 0.241 e. The molecule has 1 unspecified atom stereocenters. The first kappa shape index (κ1) is 14.5. The molecule has 114 valence electrons. The molecule has 0 spiro atoms. The fourth-order valence-electron chi connectivity index (χ4n) is 2.67. The van der Waals surface area contributed by atoms with Crippen LogP contribution in [0, 0.1) is 5.92 Å². The molecule has 4 heteroatoms. The average molecular weight is 288 g/mol. The number of hydrogen-bond acceptors (Lipinski definition) is 3. The molecule has 1 saturated heterocycles. The van der Waals surface area contributed by atoms with Crippen molar-refractivity contribution in [1.82, 2.24) is 5.32 Å². The van der Waals surface area contributed by atoms with Crippen LogP contribution in [0.1, 0.15) is 37.7 Å². The van der Waals surface area contributed by atoms with Crippen molar-refractivity contribution in [2.45, 2.75) is 44.8 Å². The van der Waals surface area contributed by atoms with E-state index in [0.717, 1.165) is 49.6 Å². The Morgan fingerprint density at radius 3 is 2.95 bits per heavy atom. The van der Waals surface area contributed by atoms with Gasteiger partial charge in [-0.3, -0.25) is 4.79 Å². The van der Waals surface area contributed by atoms with Crippen LogP contribution in [0.5, 0.6) is 0 Å². The lowest BCUT2D eigenvalue weighted by atomic mass is 10.0. The SMILES string of the molecule is O=C(Nc1cccc(COCC2CC2)c1)C1CCCCN1. The van der Waals surface area contributed by atoms with E-state index in [-0.39, 0.29) is 11.9 Å². The van der Waals surface area contributed by atoms with Gasteiger partial charge in [0.05, 0.1) is 12.6 Å². The number of carbonyl (C=O) groups excluding carboxylic acids is 1. The quantitative estimate of drug-likeness (QED) is 0.846. The number of ether oxygens (including phenoxy) is 1. The zero-order valence-electron chi connectivity index (χ0n) is 12.4. The minimum absolute atomic E-state index is 0.0477. The molecule has 2 fully saturated rings. The van der Waals surface area contributed by atoms with Crippen molar-refractivity contribution < 1.29 is 9.53 Å². The largest absolute Gasteiger partial charge is 0.376 e. The highest BCUT2D eigenvalue weighted by Gasteiger charge is 2.21. The number of piperidine rings is 1. The van der Waals surface area contributed by atoms with Crippen LogP contribution in [0.25, 0.3) is 0 Å². The van der Waals surface area contributed by atoms with Crippen LogP contribution >= 0.6 is 0 Å². The van der Waals surface area contributed by atoms with Crippen LogP contribution in [-0.2, 0) is 16.1 Å². The molecule has 21 heavy (non-hydrogen) atoms. The molecule has 4 nitrogen and oxygen atoms in total. The topological polar surface area (TPSA) is 50.4 Å². The molecule has 0 bridgehead atoms. The summed E-state index contributed by atoms with van der Waals surface area (Å²) < 4.78 is 5.69. The number of nitrogens with one attached hydrogen (secondary N) is 2. The summed E-state index contributed by atoms with van der Waals surface area (Å²) in [6, 6.07) is 7.91. The summed E-state index contributed by atoms with van der Waals surface area (Å²) in [6.45, 7) is 2.43. The van der Waals surface area contributed by atoms with Gasteiger partial charge in [-0.15, -0.1) is 0 Å². The van der Waals surface area contributed by atoms with E-state index in [1.807, 2.05) is 24.3 Å². The molecule has 1 saturated carbocycles. The number of anilines is 1. The van der Waals surface area contributed by atoms with Gasteiger partial charge >= 0.3 is 0 Å². The van der Waals surface area contributed by atoms with E-state index in [9.17, 15) is 4.79 Å². The Bertz CT molecular complexity index is 479. The van der Waals surface area contributed by atoms with Gasteiger partial charge in [-0.25, -0.2) is 0 Å². The van der Waals surface area contributed by atoms with Gasteiger partial charge in [0, 0.05) is 12.3 Å². The normalized spacial score (nSPS) is 22.0. The average Bonchev–Trinajstić information content (AvgIpc) is 3.33. The number of hydrogen-bond donors (Lipinski definition) is 2. The predicted octanol–water partition coefficient (Wildman–Crippen LogP) is 2.69. The van der Waals surface area contributed by atoms with E-state index < -0.39 is 0 Å². The van der Waals surface area contributed by atoms with Crippen LogP contribution < -0.4 is 10.6 Å². The zero-order valence-corrected chi connectivity index (χ0v) is 12.4. The Balaban J connectivity index is 1.50. The smallest absolute Gasteiger partial charge is 0.241 e. The molecular weight excluding hydrogens is 264 g/mol. The van der Waals surface area contributed by atoms with Crippen molar-refractivity contribution in [3.8, 4) is 0 Å². The van der Waals surface area contributed by atoms with E-state index in [1.165, 1.54) is 12.8 Å². The van der Waals surface area contributed by atoms with E-state index in [0.29, 0.717) is 6.61 Å². The third kappa shape index (κ3) is 4.55. The molecule has 3 rings (SSSR count). The first-order chi connectivity index (χ1) is 10.3. The summed E-state index contributed by atoms with van der Waals surface area (Å²) in [5.41, 5.74) is 1.98. The second-order valence-electron chi connectivity index (χ2n) is 6.15. The molecule has 1 amide bonds. The summed E-state index contributed by atoms with van der Waals surface area (Å²) in [4.78, 5) is 12.2. The monoisotopic (exact) mass is 288 g/mol. The number of benzene rings is 1. The third-order valence-corrected chi connectivity index (χ3v) is 4.14. The fraction of sp³-hybridized carbons (Fsp3) is 0.588. The Morgan fingerprint density at radius 1 is 1.29 bits per heavy atom. The molecule has 0 radical (unpaired) electrons. The first-order valence-electron chi connectivity index (χ1n) is 8.02. The van der Waals surface area contributed by atoms with Gasteiger partial charge in [0.2, 0.25) is 5.91 Å². The van der Waals surface area contributed by atoms with Gasteiger partial charge in [-0.05, 0) is 55.8 Å². The molecular formula is C17H24N2O2. The van der Waals surface area contributed by atoms with E-state index in [1.54, 1.807) is 0 Å². The molecule has 1 aromatic rings. The third-order valence-electron chi connectivity index (χ3n) is 4.14. The van der Waals surface area contributed by atoms with Crippen LogP contribution in [-0.4, -0.2) is 25.1 Å². The summed E-state index contributed by atoms with van der Waals surface area (Å²) in [5.74, 6) is 0.857. The zero-order chi connectivity index (χ0) is 14.5. The highest BCUT2D eigenvalue weighted by Crippen LogP contribution is 2.29. The van der Waals surface area contributed by atoms with E-state index >= 15 is 0 Å². The second-order valence-corrected chi connectivity index (χ2v) is 6.15. The molecule has 2 aliphatic rings. The molecule has 2 N–H and O–H groups in total. The van der Waals surface area contributed by atoms with Crippen molar-refractivity contribution >= 4 is 11.6 Å². The van der Waals surface area contributed by atoms with Gasteiger partial charge in [-0.1, -0.05) is 18.6 Å². The van der Waals surface area contributed by atoms with Crippen LogP contribution in [0.3, 0.4) is 0 Å². The van der Waals surface area contributed by atoms with Gasteiger partial charge in [0.15, 0.2) is 0 Å². The van der Waals surface area contributed by atoms with Crippen LogP contribution in [0.2, 0.25) is 0 Å². The lowest BCUT2D eigenvalue weighted by Gasteiger charge is -2.22. The van der Waals surface area contributed by atoms with Crippen molar-refractivity contribution in [3.63, 3.8) is 0 Å². The lowest BCUT2D eigenvalue weighted by molar-refractivity contribution is -0.118. The number of amides is 1. The maximum atomic E-state index is 12.2. The Hall–Kier alpha value is -1.39. The molecule has 1 aromatic carbocycles. The van der Waals surface area contributed by atoms with Crippen LogP contribution in [0.15, 0.2) is 24.3 Å². The highest BCUT2D eigenvalue weighted by molar-refractivity contribution is 5.94. The lowest BCUT2D eigenvalue weighted by Crippen LogP contribution is -2.43. The van der Waals surface area contributed by atoms with Crippen molar-refractivity contribution in [2.24, 2.45) is 5.92 Å². The van der Waals surface area contributed by atoms with E-state index in [4.69, 9.17) is 4.74 Å². The molecule has 1 aliphatic heterocycles. The Morgan fingerprint density at radius 2 is 2.19 bits per heavy atom.